The zero-order valence-corrected chi connectivity index (χ0v) is 15.7. The van der Waals surface area contributed by atoms with Crippen molar-refractivity contribution in [2.45, 2.75) is 38.5 Å². The minimum absolute atomic E-state index is 0.122. The Morgan fingerprint density at radius 1 is 0.821 bits per heavy atom. The molecule has 0 spiro atoms. The SMILES string of the molecule is O=C(O)CCCCCCC(=O)Oc1ccc(C(=O)/C=C/c2ccccc2)cc1. The maximum Gasteiger partial charge on any atom is 0.311 e. The summed E-state index contributed by atoms with van der Waals surface area (Å²) < 4.78 is 5.26. The Labute approximate surface area is 164 Å². The number of hydrogen-bond acceptors (Lipinski definition) is 4. The summed E-state index contributed by atoms with van der Waals surface area (Å²) in [5, 5.41) is 8.56. The summed E-state index contributed by atoms with van der Waals surface area (Å²) in [7, 11) is 0. The van der Waals surface area contributed by atoms with E-state index in [0.717, 1.165) is 18.4 Å². The largest absolute Gasteiger partial charge is 0.481 e. The summed E-state index contributed by atoms with van der Waals surface area (Å²) >= 11 is 0. The number of esters is 1. The molecule has 2 aromatic carbocycles. The van der Waals surface area contributed by atoms with E-state index in [1.54, 1.807) is 30.3 Å². The van der Waals surface area contributed by atoms with Crippen molar-refractivity contribution in [1.29, 1.82) is 0 Å². The molecule has 2 rings (SSSR count). The highest BCUT2D eigenvalue weighted by molar-refractivity contribution is 6.06. The van der Waals surface area contributed by atoms with Crippen LogP contribution in [0.3, 0.4) is 0 Å². The summed E-state index contributed by atoms with van der Waals surface area (Å²) in [6.45, 7) is 0. The van der Waals surface area contributed by atoms with Crippen molar-refractivity contribution in [3.8, 4) is 5.75 Å². The second-order valence-electron chi connectivity index (χ2n) is 6.41. The van der Waals surface area contributed by atoms with Gasteiger partial charge in [0.2, 0.25) is 0 Å². The second-order valence-corrected chi connectivity index (χ2v) is 6.41. The Morgan fingerprint density at radius 3 is 2.11 bits per heavy atom. The number of hydrogen-bond donors (Lipinski definition) is 1. The monoisotopic (exact) mass is 380 g/mol. The van der Waals surface area contributed by atoms with Gasteiger partial charge in [0.25, 0.3) is 0 Å². The highest BCUT2D eigenvalue weighted by Crippen LogP contribution is 2.15. The van der Waals surface area contributed by atoms with Gasteiger partial charge in [-0.15, -0.1) is 0 Å². The van der Waals surface area contributed by atoms with E-state index in [1.807, 2.05) is 30.3 Å². The molecule has 5 heteroatoms. The summed E-state index contributed by atoms with van der Waals surface area (Å²) in [4.78, 5) is 34.4. The van der Waals surface area contributed by atoms with Crippen LogP contribution in [0.15, 0.2) is 60.7 Å². The van der Waals surface area contributed by atoms with Crippen molar-refractivity contribution < 1.29 is 24.2 Å². The highest BCUT2D eigenvalue weighted by Gasteiger charge is 2.07. The molecule has 5 nitrogen and oxygen atoms in total. The molecule has 0 unspecified atom stereocenters. The van der Waals surface area contributed by atoms with Crippen molar-refractivity contribution in [2.24, 2.45) is 0 Å². The van der Waals surface area contributed by atoms with E-state index in [0.29, 0.717) is 24.2 Å². The second kappa shape index (κ2) is 11.5. The van der Waals surface area contributed by atoms with Crippen molar-refractivity contribution in [1.82, 2.24) is 0 Å². The maximum atomic E-state index is 12.2. The van der Waals surface area contributed by atoms with E-state index < -0.39 is 5.97 Å². The maximum absolute atomic E-state index is 12.2. The first-order valence-corrected chi connectivity index (χ1v) is 9.34. The molecule has 146 valence electrons. The van der Waals surface area contributed by atoms with Crippen LogP contribution in [0.25, 0.3) is 6.08 Å². The lowest BCUT2D eigenvalue weighted by Gasteiger charge is -2.05. The molecular formula is C23H24O5. The van der Waals surface area contributed by atoms with E-state index in [9.17, 15) is 14.4 Å². The summed E-state index contributed by atoms with van der Waals surface area (Å²) in [6.07, 6.45) is 6.59. The van der Waals surface area contributed by atoms with E-state index in [-0.39, 0.29) is 24.6 Å². The molecule has 0 heterocycles. The van der Waals surface area contributed by atoms with Crippen molar-refractivity contribution in [3.63, 3.8) is 0 Å². The molecule has 2 aromatic rings. The number of aliphatic carboxylic acids is 1. The zero-order valence-electron chi connectivity index (χ0n) is 15.7. The molecule has 0 aliphatic carbocycles. The van der Waals surface area contributed by atoms with Gasteiger partial charge < -0.3 is 9.84 Å². The van der Waals surface area contributed by atoms with Crippen LogP contribution in [-0.2, 0) is 9.59 Å². The fourth-order valence-electron chi connectivity index (χ4n) is 2.60. The molecule has 0 fully saturated rings. The Hall–Kier alpha value is -3.21. The smallest absolute Gasteiger partial charge is 0.311 e. The number of rotatable bonds is 11. The third kappa shape index (κ3) is 7.99. The van der Waals surface area contributed by atoms with Gasteiger partial charge in [-0.1, -0.05) is 49.2 Å². The number of allylic oxidation sites excluding steroid dienone is 1. The van der Waals surface area contributed by atoms with Gasteiger partial charge in [-0.3, -0.25) is 14.4 Å². The van der Waals surface area contributed by atoms with Crippen molar-refractivity contribution in [2.75, 3.05) is 0 Å². The molecule has 1 N–H and O–H groups in total. The number of carboxylic acids is 1. The van der Waals surface area contributed by atoms with Crippen LogP contribution < -0.4 is 4.74 Å². The van der Waals surface area contributed by atoms with Gasteiger partial charge in [-0.2, -0.15) is 0 Å². The predicted molar refractivity (Wildman–Crippen MR) is 107 cm³/mol. The Bertz CT molecular complexity index is 807. The lowest BCUT2D eigenvalue weighted by molar-refractivity contribution is -0.137. The molecule has 0 amide bonds. The number of unbranched alkanes of at least 4 members (excludes halogenated alkanes) is 3. The first-order valence-electron chi connectivity index (χ1n) is 9.34. The van der Waals surface area contributed by atoms with Gasteiger partial charge in [0.1, 0.15) is 5.75 Å². The van der Waals surface area contributed by atoms with Crippen LogP contribution in [0.5, 0.6) is 5.75 Å². The Kier molecular flexibility index (Phi) is 8.66. The van der Waals surface area contributed by atoms with Crippen molar-refractivity contribution >= 4 is 23.8 Å². The zero-order chi connectivity index (χ0) is 20.2. The molecule has 0 bridgehead atoms. The lowest BCUT2D eigenvalue weighted by atomic mass is 10.1. The third-order valence-corrected chi connectivity index (χ3v) is 4.12. The molecule has 0 saturated heterocycles. The van der Waals surface area contributed by atoms with Gasteiger partial charge in [0.05, 0.1) is 0 Å². The summed E-state index contributed by atoms with van der Waals surface area (Å²) in [5.41, 5.74) is 1.47. The summed E-state index contributed by atoms with van der Waals surface area (Å²) in [6, 6.07) is 16.0. The summed E-state index contributed by atoms with van der Waals surface area (Å²) in [5.74, 6) is -0.847. The molecular weight excluding hydrogens is 356 g/mol. The number of benzene rings is 2. The van der Waals surface area contributed by atoms with Crippen LogP contribution in [0.2, 0.25) is 0 Å². The highest BCUT2D eigenvalue weighted by atomic mass is 16.5. The molecule has 0 aliphatic rings. The van der Waals surface area contributed by atoms with Crippen LogP contribution >= 0.6 is 0 Å². The van der Waals surface area contributed by atoms with Gasteiger partial charge in [0.15, 0.2) is 5.78 Å². The quantitative estimate of drug-likeness (QED) is 0.197. The van der Waals surface area contributed by atoms with Gasteiger partial charge in [-0.05, 0) is 48.7 Å². The average molecular weight is 380 g/mol. The van der Waals surface area contributed by atoms with Crippen LogP contribution in [-0.4, -0.2) is 22.8 Å². The number of ketones is 1. The number of carbonyl (C=O) groups excluding carboxylic acids is 2. The normalized spacial score (nSPS) is 10.7. The van der Waals surface area contributed by atoms with Crippen LogP contribution in [0, 0.1) is 0 Å². The first kappa shape index (κ1) is 21.1. The number of carboxylic acid groups (broad SMARTS) is 1. The molecule has 0 aromatic heterocycles. The van der Waals surface area contributed by atoms with Gasteiger partial charge >= 0.3 is 11.9 Å². The van der Waals surface area contributed by atoms with Crippen LogP contribution in [0.4, 0.5) is 0 Å². The van der Waals surface area contributed by atoms with Gasteiger partial charge in [0, 0.05) is 18.4 Å². The lowest BCUT2D eigenvalue weighted by Crippen LogP contribution is -2.07. The topological polar surface area (TPSA) is 80.7 Å². The number of carbonyl (C=O) groups is 3. The molecule has 0 saturated carbocycles. The Balaban J connectivity index is 1.74. The predicted octanol–water partition coefficient (Wildman–Crippen LogP) is 4.91. The molecule has 28 heavy (non-hydrogen) atoms. The minimum Gasteiger partial charge on any atom is -0.481 e. The minimum atomic E-state index is -0.795. The molecule has 0 aliphatic heterocycles. The average Bonchev–Trinajstić information content (AvgIpc) is 2.70. The fourth-order valence-corrected chi connectivity index (χ4v) is 2.60. The van der Waals surface area contributed by atoms with Crippen molar-refractivity contribution in [3.05, 3.63) is 71.8 Å². The first-order chi connectivity index (χ1) is 13.5. The van der Waals surface area contributed by atoms with E-state index in [1.165, 1.54) is 6.08 Å². The van der Waals surface area contributed by atoms with Gasteiger partial charge in [-0.25, -0.2) is 0 Å². The van der Waals surface area contributed by atoms with Crippen LogP contribution in [0.1, 0.15) is 54.4 Å². The van der Waals surface area contributed by atoms with E-state index >= 15 is 0 Å². The van der Waals surface area contributed by atoms with E-state index in [4.69, 9.17) is 9.84 Å². The number of ether oxygens (including phenoxy) is 1. The fraction of sp³-hybridized carbons (Fsp3) is 0.261. The van der Waals surface area contributed by atoms with E-state index in [2.05, 4.69) is 0 Å². The molecule has 0 radical (unpaired) electrons. The Morgan fingerprint density at radius 2 is 1.46 bits per heavy atom. The standard InChI is InChI=1S/C23H24O5/c24-21(17-12-18-8-4-3-5-9-18)19-13-15-20(16-14-19)28-23(27)11-7-2-1-6-10-22(25)26/h3-5,8-9,12-17H,1-2,6-7,10-11H2,(H,25,26)/b17-12+. The third-order valence-electron chi connectivity index (χ3n) is 4.12. The molecule has 0 atom stereocenters.